The van der Waals surface area contributed by atoms with Gasteiger partial charge in [0.1, 0.15) is 5.60 Å². The molecule has 4 atom stereocenters. The Bertz CT molecular complexity index is 924. The van der Waals surface area contributed by atoms with Crippen LogP contribution in [0.4, 0.5) is 9.59 Å². The lowest BCUT2D eigenvalue weighted by atomic mass is 10.00. The molecule has 0 fully saturated rings. The zero-order chi connectivity index (χ0) is 29.1. The number of aliphatic hydroxyl groups excluding tert-OH is 2. The highest BCUT2D eigenvalue weighted by Gasteiger charge is 2.27. The molecule has 0 aliphatic rings. The van der Waals surface area contributed by atoms with Crippen molar-refractivity contribution in [3.05, 3.63) is 71.8 Å². The van der Waals surface area contributed by atoms with E-state index in [0.717, 1.165) is 11.1 Å². The first-order chi connectivity index (χ1) is 18.2. The summed E-state index contributed by atoms with van der Waals surface area (Å²) in [7, 11) is 0. The molecule has 0 bridgehead atoms. The van der Waals surface area contributed by atoms with E-state index in [-0.39, 0.29) is 19.1 Å². The van der Waals surface area contributed by atoms with E-state index in [9.17, 15) is 19.8 Å². The van der Waals surface area contributed by atoms with E-state index in [1.807, 2.05) is 81.4 Å². The van der Waals surface area contributed by atoms with Crippen molar-refractivity contribution in [3.63, 3.8) is 0 Å². The van der Waals surface area contributed by atoms with Crippen molar-refractivity contribution in [2.75, 3.05) is 13.1 Å². The van der Waals surface area contributed by atoms with Crippen LogP contribution < -0.4 is 21.3 Å². The number of amides is 3. The molecule has 6 N–H and O–H groups in total. The van der Waals surface area contributed by atoms with Gasteiger partial charge < -0.3 is 36.2 Å². The van der Waals surface area contributed by atoms with Crippen LogP contribution in [0.2, 0.25) is 0 Å². The van der Waals surface area contributed by atoms with Gasteiger partial charge >= 0.3 is 12.1 Å². The van der Waals surface area contributed by atoms with Gasteiger partial charge in [-0.2, -0.15) is 0 Å². The maximum Gasteiger partial charge on any atom is 0.407 e. The molecular formula is C30H46N4O5. The number of rotatable bonds is 12. The number of benzene rings is 2. The molecular weight excluding hydrogens is 496 g/mol. The van der Waals surface area contributed by atoms with E-state index in [4.69, 9.17) is 4.74 Å². The van der Waals surface area contributed by atoms with Gasteiger partial charge in [0, 0.05) is 18.6 Å². The van der Waals surface area contributed by atoms with Crippen molar-refractivity contribution in [2.45, 2.75) is 89.8 Å². The number of carbonyl (C=O) groups is 2. The minimum Gasteiger partial charge on any atom is -0.444 e. The summed E-state index contributed by atoms with van der Waals surface area (Å²) in [6.07, 6.45) is -1.68. The van der Waals surface area contributed by atoms with Crippen molar-refractivity contribution >= 4 is 12.1 Å². The monoisotopic (exact) mass is 542 g/mol. The number of ether oxygens (including phenoxy) is 1. The van der Waals surface area contributed by atoms with Crippen LogP contribution >= 0.6 is 0 Å². The number of urea groups is 1. The van der Waals surface area contributed by atoms with Crippen molar-refractivity contribution in [1.29, 1.82) is 0 Å². The summed E-state index contributed by atoms with van der Waals surface area (Å²) < 4.78 is 5.39. The van der Waals surface area contributed by atoms with Crippen LogP contribution in [0.15, 0.2) is 60.7 Å². The van der Waals surface area contributed by atoms with Gasteiger partial charge in [0.25, 0.3) is 0 Å². The first-order valence-corrected chi connectivity index (χ1v) is 13.4. The molecule has 39 heavy (non-hydrogen) atoms. The number of nitrogens with one attached hydrogen (secondary N) is 4. The molecule has 9 nitrogen and oxygen atoms in total. The molecule has 2 aromatic carbocycles. The third kappa shape index (κ3) is 13.5. The van der Waals surface area contributed by atoms with Crippen molar-refractivity contribution < 1.29 is 24.5 Å². The predicted octanol–water partition coefficient (Wildman–Crippen LogP) is 3.14. The molecule has 0 aliphatic heterocycles. The number of hydrogen-bond acceptors (Lipinski definition) is 6. The molecule has 0 saturated carbocycles. The molecule has 3 amide bonds. The topological polar surface area (TPSA) is 132 Å². The first kappa shape index (κ1) is 32.1. The lowest BCUT2D eigenvalue weighted by Gasteiger charge is -2.29. The molecule has 2 aromatic rings. The Morgan fingerprint density at radius 2 is 1.18 bits per heavy atom. The minimum absolute atomic E-state index is 0.108. The van der Waals surface area contributed by atoms with Crippen LogP contribution in [0, 0.1) is 0 Å². The summed E-state index contributed by atoms with van der Waals surface area (Å²) in [6.45, 7) is 11.2. The van der Waals surface area contributed by atoms with Crippen molar-refractivity contribution in [2.24, 2.45) is 0 Å². The van der Waals surface area contributed by atoms with Crippen LogP contribution in [0.1, 0.15) is 52.7 Å². The Morgan fingerprint density at radius 1 is 0.744 bits per heavy atom. The normalized spacial score (nSPS) is 15.0. The Kier molecular flexibility index (Phi) is 12.2. The Balaban J connectivity index is 2.03. The van der Waals surface area contributed by atoms with Gasteiger partial charge in [0.15, 0.2) is 0 Å². The van der Waals surface area contributed by atoms with E-state index >= 15 is 0 Å². The highest BCUT2D eigenvalue weighted by molar-refractivity contribution is 5.75. The summed E-state index contributed by atoms with van der Waals surface area (Å²) >= 11 is 0. The minimum atomic E-state index is -0.963. The third-order valence-corrected chi connectivity index (χ3v) is 5.74. The van der Waals surface area contributed by atoms with Gasteiger partial charge in [-0.3, -0.25) is 0 Å². The van der Waals surface area contributed by atoms with E-state index < -0.39 is 41.5 Å². The number of alkyl carbamates (subject to hydrolysis) is 1. The van der Waals surface area contributed by atoms with Crippen LogP contribution in [-0.2, 0) is 17.6 Å². The highest BCUT2D eigenvalue weighted by Crippen LogP contribution is 2.11. The summed E-state index contributed by atoms with van der Waals surface area (Å²) in [5.41, 5.74) is 0.829. The van der Waals surface area contributed by atoms with Gasteiger partial charge in [0.05, 0.1) is 24.3 Å². The van der Waals surface area contributed by atoms with Gasteiger partial charge in [-0.1, -0.05) is 60.7 Å². The molecule has 0 spiro atoms. The number of aliphatic hydroxyl groups is 2. The molecule has 9 heteroatoms. The van der Waals surface area contributed by atoms with Crippen LogP contribution in [0.5, 0.6) is 0 Å². The van der Waals surface area contributed by atoms with E-state index in [2.05, 4.69) is 21.3 Å². The van der Waals surface area contributed by atoms with Gasteiger partial charge in [-0.15, -0.1) is 0 Å². The predicted molar refractivity (Wildman–Crippen MR) is 154 cm³/mol. The fourth-order valence-electron chi connectivity index (χ4n) is 3.97. The maximum absolute atomic E-state index is 12.6. The van der Waals surface area contributed by atoms with Gasteiger partial charge in [-0.05, 0) is 65.5 Å². The third-order valence-electron chi connectivity index (χ3n) is 5.74. The first-order valence-electron chi connectivity index (χ1n) is 13.4. The quantitative estimate of drug-likeness (QED) is 0.244. The Hall–Kier alpha value is -3.14. The summed E-state index contributed by atoms with van der Waals surface area (Å²) in [5.74, 6) is 0. The molecule has 0 aliphatic carbocycles. The van der Waals surface area contributed by atoms with Crippen LogP contribution in [0.3, 0.4) is 0 Å². The molecule has 1 unspecified atom stereocenters. The standard InChI is InChI=1S/C30H46N4O5/c1-29(2,3)34-27(37)32-23(17-21-13-9-7-10-14-21)25(35)19-31-20-26(36)24(18-22-15-11-8-12-16-22)33-28(38)39-30(4,5)6/h7-16,23-26,31,35-36H,17-20H2,1-6H3,(H,33,38)(H2,32,34,37)/t23-,24+,25?,26+/m1/s1. The molecule has 0 aromatic heterocycles. The molecule has 0 saturated heterocycles. The second-order valence-electron chi connectivity index (χ2n) is 11.9. The van der Waals surface area contributed by atoms with E-state index in [1.54, 1.807) is 20.8 Å². The lowest BCUT2D eigenvalue weighted by molar-refractivity contribution is 0.0416. The number of hydrogen-bond donors (Lipinski definition) is 6. The Morgan fingerprint density at radius 3 is 1.59 bits per heavy atom. The lowest BCUT2D eigenvalue weighted by Crippen LogP contribution is -2.55. The largest absolute Gasteiger partial charge is 0.444 e. The fourth-order valence-corrected chi connectivity index (χ4v) is 3.97. The average molecular weight is 543 g/mol. The summed E-state index contributed by atoms with van der Waals surface area (Å²) in [6, 6.07) is 17.6. The van der Waals surface area contributed by atoms with Crippen molar-refractivity contribution in [3.8, 4) is 0 Å². The second-order valence-corrected chi connectivity index (χ2v) is 11.9. The van der Waals surface area contributed by atoms with E-state index in [1.165, 1.54) is 0 Å². The molecule has 2 rings (SSSR count). The fraction of sp³-hybridized carbons (Fsp3) is 0.533. The summed E-state index contributed by atoms with van der Waals surface area (Å²) in [4.78, 5) is 25.0. The van der Waals surface area contributed by atoms with E-state index in [0.29, 0.717) is 12.8 Å². The second kappa shape index (κ2) is 14.9. The Labute approximate surface area is 232 Å². The highest BCUT2D eigenvalue weighted by atomic mass is 16.6. The number of carbonyl (C=O) groups excluding carboxylic acids is 2. The SMILES string of the molecule is CC(C)(C)NC(=O)N[C@H](Cc1ccccc1)C(O)CNC[C@H](O)[C@H](Cc1ccccc1)NC(=O)OC(C)(C)C. The van der Waals surface area contributed by atoms with Crippen molar-refractivity contribution in [1.82, 2.24) is 21.3 Å². The molecule has 0 heterocycles. The van der Waals surface area contributed by atoms with Gasteiger partial charge in [-0.25, -0.2) is 9.59 Å². The molecule has 0 radical (unpaired) electrons. The molecule has 216 valence electrons. The smallest absolute Gasteiger partial charge is 0.407 e. The zero-order valence-electron chi connectivity index (χ0n) is 24.0. The maximum atomic E-state index is 12.6. The summed E-state index contributed by atoms with van der Waals surface area (Å²) in [5, 5.41) is 33.6. The van der Waals surface area contributed by atoms with Crippen LogP contribution in [0.25, 0.3) is 0 Å². The van der Waals surface area contributed by atoms with Gasteiger partial charge in [0.2, 0.25) is 0 Å². The zero-order valence-corrected chi connectivity index (χ0v) is 24.0. The van der Waals surface area contributed by atoms with Crippen LogP contribution in [-0.4, -0.2) is 70.9 Å². The average Bonchev–Trinajstić information content (AvgIpc) is 2.82.